The van der Waals surface area contributed by atoms with Crippen molar-refractivity contribution in [2.75, 3.05) is 26.2 Å². The minimum Gasteiger partial charge on any atom is -0.314 e. The van der Waals surface area contributed by atoms with E-state index in [1.807, 2.05) is 0 Å². The van der Waals surface area contributed by atoms with Gasteiger partial charge in [-0.05, 0) is 46.7 Å². The Hall–Kier alpha value is 0.450. The lowest BCUT2D eigenvalue weighted by molar-refractivity contribution is 0.164. The number of nitrogens with zero attached hydrogens (tertiary/aromatic N) is 1. The van der Waals surface area contributed by atoms with Gasteiger partial charge in [-0.15, -0.1) is 24.8 Å². The van der Waals surface area contributed by atoms with Crippen molar-refractivity contribution in [1.82, 2.24) is 10.2 Å². The lowest BCUT2D eigenvalue weighted by atomic mass is 10.00. The van der Waals surface area contributed by atoms with Crippen molar-refractivity contribution in [1.29, 1.82) is 0 Å². The second kappa shape index (κ2) is 10.2. The molecule has 0 saturated carbocycles. The van der Waals surface area contributed by atoms with Gasteiger partial charge in [0.15, 0.2) is 0 Å². The van der Waals surface area contributed by atoms with Crippen LogP contribution in [-0.2, 0) is 0 Å². The number of halogens is 3. The number of hydrogen-bond donors (Lipinski definition) is 1. The fraction of sp³-hybridized carbons (Fsp3) is 0.571. The first-order valence-corrected chi connectivity index (χ1v) is 7.59. The van der Waals surface area contributed by atoms with Crippen LogP contribution in [0.1, 0.15) is 31.4 Å². The summed E-state index contributed by atoms with van der Waals surface area (Å²) in [6.45, 7) is 6.89. The van der Waals surface area contributed by atoms with Gasteiger partial charge in [-0.25, -0.2) is 0 Å². The van der Waals surface area contributed by atoms with E-state index in [1.54, 1.807) is 0 Å². The number of benzene rings is 1. The monoisotopic (exact) mass is 416 g/mol. The average molecular weight is 417 g/mol. The van der Waals surface area contributed by atoms with E-state index in [4.69, 9.17) is 0 Å². The third-order valence-electron chi connectivity index (χ3n) is 3.39. The fourth-order valence-electron chi connectivity index (χ4n) is 2.54. The Bertz CT molecular complexity index is 357. The molecule has 0 amide bonds. The third kappa shape index (κ3) is 5.76. The van der Waals surface area contributed by atoms with Crippen LogP contribution in [0.5, 0.6) is 0 Å². The van der Waals surface area contributed by atoms with Crippen molar-refractivity contribution >= 4 is 47.4 Å². The van der Waals surface area contributed by atoms with E-state index >= 15 is 0 Å². The molecule has 0 aliphatic carbocycles. The van der Waals surface area contributed by atoms with Crippen LogP contribution in [0.3, 0.4) is 0 Å². The molecule has 1 aromatic carbocycles. The second-order valence-corrected chi connectivity index (χ2v) is 5.89. The van der Waals surface area contributed by atoms with Gasteiger partial charge in [0.1, 0.15) is 0 Å². The van der Waals surface area contributed by atoms with Crippen molar-refractivity contribution in [2.24, 2.45) is 0 Å². The average Bonchev–Trinajstić information content (AvgIpc) is 2.37. The molecule has 0 aromatic heterocycles. The molecule has 110 valence electrons. The highest BCUT2D eigenvalue weighted by molar-refractivity contribution is 14.1. The molecule has 1 heterocycles. The van der Waals surface area contributed by atoms with Crippen LogP contribution in [0.25, 0.3) is 0 Å². The fourth-order valence-corrected chi connectivity index (χ4v) is 3.11. The van der Waals surface area contributed by atoms with Crippen LogP contribution in [-0.4, -0.2) is 31.1 Å². The highest BCUT2D eigenvalue weighted by Crippen LogP contribution is 2.26. The van der Waals surface area contributed by atoms with E-state index in [0.29, 0.717) is 6.04 Å². The molecule has 0 spiro atoms. The summed E-state index contributed by atoms with van der Waals surface area (Å²) in [4.78, 5) is 2.63. The van der Waals surface area contributed by atoms with E-state index in [9.17, 15) is 0 Å². The molecule has 1 aliphatic rings. The Kier molecular flexibility index (Phi) is 10.5. The molecule has 1 fully saturated rings. The molecule has 0 bridgehead atoms. The predicted molar refractivity (Wildman–Crippen MR) is 95.7 cm³/mol. The lowest BCUT2D eigenvalue weighted by Gasteiger charge is -2.35. The molecule has 2 nitrogen and oxygen atoms in total. The zero-order valence-corrected chi connectivity index (χ0v) is 15.1. The second-order valence-electron chi connectivity index (χ2n) is 4.65. The number of nitrogens with one attached hydrogen (secondary N) is 1. The van der Waals surface area contributed by atoms with Crippen molar-refractivity contribution in [2.45, 2.75) is 25.8 Å². The molecule has 19 heavy (non-hydrogen) atoms. The van der Waals surface area contributed by atoms with Gasteiger partial charge in [0.25, 0.3) is 0 Å². The van der Waals surface area contributed by atoms with Gasteiger partial charge in [-0.3, -0.25) is 4.90 Å². The standard InChI is InChI=1S/C14H21IN2.2ClH/c1-2-4-14(17-9-7-16-8-10-17)12-5-3-6-13(15)11-12;;/h3,5-6,11,14,16H,2,4,7-10H2,1H3;2*1H/t14-;;/m0../s1. The van der Waals surface area contributed by atoms with E-state index in [1.165, 1.54) is 35.1 Å². The van der Waals surface area contributed by atoms with Gasteiger partial charge in [0, 0.05) is 35.8 Å². The van der Waals surface area contributed by atoms with E-state index in [2.05, 4.69) is 64.0 Å². The van der Waals surface area contributed by atoms with E-state index < -0.39 is 0 Å². The summed E-state index contributed by atoms with van der Waals surface area (Å²) >= 11 is 2.41. The molecule has 1 aliphatic heterocycles. The highest BCUT2D eigenvalue weighted by atomic mass is 127. The van der Waals surface area contributed by atoms with Crippen LogP contribution >= 0.6 is 47.4 Å². The summed E-state index contributed by atoms with van der Waals surface area (Å²) in [6, 6.07) is 9.58. The summed E-state index contributed by atoms with van der Waals surface area (Å²) in [5.41, 5.74) is 1.49. The first-order chi connectivity index (χ1) is 8.31. The molecule has 2 rings (SSSR count). The van der Waals surface area contributed by atoms with Gasteiger partial charge in [0.2, 0.25) is 0 Å². The predicted octanol–water partition coefficient (Wildman–Crippen LogP) is 3.88. The third-order valence-corrected chi connectivity index (χ3v) is 4.06. The number of hydrogen-bond acceptors (Lipinski definition) is 2. The maximum Gasteiger partial charge on any atom is 0.0349 e. The van der Waals surface area contributed by atoms with Crippen molar-refractivity contribution < 1.29 is 0 Å². The van der Waals surface area contributed by atoms with Crippen LogP contribution < -0.4 is 5.32 Å². The molecule has 0 radical (unpaired) electrons. The van der Waals surface area contributed by atoms with Crippen LogP contribution in [0, 0.1) is 3.57 Å². The quantitative estimate of drug-likeness (QED) is 0.749. The minimum absolute atomic E-state index is 0. The Labute approximate surface area is 142 Å². The van der Waals surface area contributed by atoms with Crippen molar-refractivity contribution in [3.8, 4) is 0 Å². The minimum atomic E-state index is 0. The van der Waals surface area contributed by atoms with E-state index in [0.717, 1.165) is 13.1 Å². The van der Waals surface area contributed by atoms with Gasteiger partial charge >= 0.3 is 0 Å². The number of piperazine rings is 1. The summed E-state index contributed by atoms with van der Waals surface area (Å²) in [5, 5.41) is 3.43. The molecule has 0 unspecified atom stereocenters. The molecule has 1 saturated heterocycles. The molecule has 5 heteroatoms. The van der Waals surface area contributed by atoms with Crippen LogP contribution in [0.2, 0.25) is 0 Å². The van der Waals surface area contributed by atoms with Crippen molar-refractivity contribution in [3.05, 3.63) is 33.4 Å². The Balaban J connectivity index is 0.00000162. The SMILES string of the molecule is CCC[C@@H](c1cccc(I)c1)N1CCNCC1.Cl.Cl. The Morgan fingerprint density at radius 2 is 1.95 bits per heavy atom. The molecule has 1 aromatic rings. The topological polar surface area (TPSA) is 15.3 Å². The molecular formula is C14H23Cl2IN2. The zero-order valence-electron chi connectivity index (χ0n) is 11.3. The summed E-state index contributed by atoms with van der Waals surface area (Å²) in [7, 11) is 0. The normalized spacial score (nSPS) is 17.2. The van der Waals surface area contributed by atoms with Crippen LogP contribution in [0.4, 0.5) is 0 Å². The van der Waals surface area contributed by atoms with Crippen LogP contribution in [0.15, 0.2) is 24.3 Å². The van der Waals surface area contributed by atoms with Gasteiger partial charge in [0.05, 0.1) is 0 Å². The Morgan fingerprint density at radius 1 is 1.26 bits per heavy atom. The van der Waals surface area contributed by atoms with Gasteiger partial charge < -0.3 is 5.32 Å². The first-order valence-electron chi connectivity index (χ1n) is 6.51. The largest absolute Gasteiger partial charge is 0.314 e. The summed E-state index contributed by atoms with van der Waals surface area (Å²) in [5.74, 6) is 0. The van der Waals surface area contributed by atoms with Crippen molar-refractivity contribution in [3.63, 3.8) is 0 Å². The van der Waals surface area contributed by atoms with E-state index in [-0.39, 0.29) is 24.8 Å². The summed E-state index contributed by atoms with van der Waals surface area (Å²) < 4.78 is 1.34. The molecule has 1 atom stereocenters. The molecule has 1 N–H and O–H groups in total. The summed E-state index contributed by atoms with van der Waals surface area (Å²) in [6.07, 6.45) is 2.51. The molecular weight excluding hydrogens is 394 g/mol. The maximum atomic E-state index is 3.43. The Morgan fingerprint density at radius 3 is 2.53 bits per heavy atom. The maximum absolute atomic E-state index is 3.43. The first kappa shape index (κ1) is 19.4. The van der Waals surface area contributed by atoms with Gasteiger partial charge in [-0.2, -0.15) is 0 Å². The smallest absolute Gasteiger partial charge is 0.0349 e. The zero-order chi connectivity index (χ0) is 12.1. The van der Waals surface area contributed by atoms with Gasteiger partial charge in [-0.1, -0.05) is 25.5 Å². The lowest BCUT2D eigenvalue weighted by Crippen LogP contribution is -2.45. The number of rotatable bonds is 4. The highest BCUT2D eigenvalue weighted by Gasteiger charge is 2.21.